The van der Waals surface area contributed by atoms with Crippen LogP contribution >= 0.6 is 15.9 Å². The lowest BCUT2D eigenvalue weighted by Crippen LogP contribution is -2.55. The van der Waals surface area contributed by atoms with Crippen LogP contribution < -0.4 is 20.3 Å². The monoisotopic (exact) mass is 611 g/mol. The first kappa shape index (κ1) is 29.4. The molecule has 9 nitrogen and oxygen atoms in total. The predicted octanol–water partition coefficient (Wildman–Crippen LogP) is 4.46. The van der Waals surface area contributed by atoms with E-state index in [4.69, 9.17) is 9.47 Å². The van der Waals surface area contributed by atoms with Crippen LogP contribution in [0.4, 0.5) is 10.5 Å². The van der Waals surface area contributed by atoms with Gasteiger partial charge in [-0.25, -0.2) is 4.79 Å². The van der Waals surface area contributed by atoms with Crippen LogP contribution in [0.1, 0.15) is 38.3 Å². The van der Waals surface area contributed by atoms with Crippen LogP contribution in [0.15, 0.2) is 59.1 Å². The zero-order valence-corrected chi connectivity index (χ0v) is 24.6. The Morgan fingerprint density at radius 3 is 2.60 bits per heavy atom. The summed E-state index contributed by atoms with van der Waals surface area (Å²) >= 11 is 3.52. The molecule has 0 saturated heterocycles. The number of hydrogen-bond acceptors (Lipinski definition) is 6. The number of halogens is 1. The number of para-hydroxylation sites is 1. The summed E-state index contributed by atoms with van der Waals surface area (Å²) in [4.78, 5) is 41.0. The fourth-order valence-corrected chi connectivity index (χ4v) is 5.17. The number of aliphatic hydroxyl groups is 1. The number of methoxy groups -OCH3 is 1. The minimum Gasteiger partial charge on any atom is -0.496 e. The van der Waals surface area contributed by atoms with E-state index in [1.807, 2.05) is 54.6 Å². The van der Waals surface area contributed by atoms with Crippen molar-refractivity contribution in [2.24, 2.45) is 0 Å². The van der Waals surface area contributed by atoms with Crippen molar-refractivity contribution in [1.82, 2.24) is 10.6 Å². The molecule has 0 aliphatic carbocycles. The summed E-state index contributed by atoms with van der Waals surface area (Å²) in [6.07, 6.45) is 0.0618. The number of carbonyl (C=O) groups excluding carboxylic acids is 3. The van der Waals surface area contributed by atoms with Crippen LogP contribution in [0.5, 0.6) is 5.75 Å². The van der Waals surface area contributed by atoms with Crippen LogP contribution in [0.3, 0.4) is 0 Å². The molecule has 3 N–H and O–H groups in total. The Kier molecular flexibility index (Phi) is 9.00. The Morgan fingerprint density at radius 2 is 1.90 bits per heavy atom. The number of amides is 3. The molecule has 0 radical (unpaired) electrons. The first-order valence-electron chi connectivity index (χ1n) is 13.1. The third-order valence-electron chi connectivity index (χ3n) is 6.64. The molecule has 1 aliphatic rings. The number of anilines is 1. The minimum atomic E-state index is -1.28. The maximum absolute atomic E-state index is 14.0. The van der Waals surface area contributed by atoms with Gasteiger partial charge in [0.2, 0.25) is 11.8 Å². The quantitative estimate of drug-likeness (QED) is 0.363. The number of rotatable bonds is 7. The van der Waals surface area contributed by atoms with Gasteiger partial charge in [-0.05, 0) is 74.2 Å². The lowest BCUT2D eigenvalue weighted by atomic mass is 10.0. The number of ether oxygens (including phenoxy) is 2. The molecule has 0 unspecified atom stereocenters. The molecule has 2 atom stereocenters. The summed E-state index contributed by atoms with van der Waals surface area (Å²) in [7, 11) is 1.59. The second-order valence-corrected chi connectivity index (χ2v) is 11.6. The van der Waals surface area contributed by atoms with Crippen LogP contribution in [0.2, 0.25) is 0 Å². The molecule has 1 aliphatic heterocycles. The van der Waals surface area contributed by atoms with Gasteiger partial charge in [0.1, 0.15) is 23.4 Å². The predicted molar refractivity (Wildman–Crippen MR) is 156 cm³/mol. The van der Waals surface area contributed by atoms with Crippen LogP contribution in [-0.4, -0.2) is 54.4 Å². The molecule has 40 heavy (non-hydrogen) atoms. The highest BCUT2D eigenvalue weighted by Crippen LogP contribution is 2.35. The van der Waals surface area contributed by atoms with Gasteiger partial charge in [0.15, 0.2) is 0 Å². The molecule has 0 fully saturated rings. The van der Waals surface area contributed by atoms with Crippen molar-refractivity contribution in [2.75, 3.05) is 18.6 Å². The number of aryl methyl sites for hydroxylation is 1. The molecular weight excluding hydrogens is 578 g/mol. The summed E-state index contributed by atoms with van der Waals surface area (Å²) < 4.78 is 11.8. The Bertz CT molecular complexity index is 1420. The van der Waals surface area contributed by atoms with Crippen molar-refractivity contribution in [3.63, 3.8) is 0 Å². The van der Waals surface area contributed by atoms with Crippen molar-refractivity contribution in [1.29, 1.82) is 0 Å². The molecule has 1 heterocycles. The van der Waals surface area contributed by atoms with Crippen LogP contribution in [-0.2, 0) is 27.3 Å². The van der Waals surface area contributed by atoms with E-state index in [-0.39, 0.29) is 12.5 Å². The lowest BCUT2D eigenvalue weighted by molar-refractivity contribution is -0.129. The Balaban J connectivity index is 1.64. The molecule has 3 amide bonds. The maximum atomic E-state index is 14.0. The number of nitrogens with zero attached hydrogens (tertiary/aromatic N) is 1. The molecule has 3 aromatic carbocycles. The Labute approximate surface area is 242 Å². The molecule has 0 saturated carbocycles. The molecule has 0 bridgehead atoms. The first-order valence-corrected chi connectivity index (χ1v) is 13.8. The van der Waals surface area contributed by atoms with Gasteiger partial charge in [-0.1, -0.05) is 46.3 Å². The van der Waals surface area contributed by atoms with E-state index in [2.05, 4.69) is 26.6 Å². The number of carbonyl (C=O) groups is 3. The standard InChI is InChI=1S/C30H34BrN3O6/c1-30(2,3)40-29(38)33-24(17-35)27(36)32-23-13-9-18-7-5-6-8-25(18)34(28(23)37)16-22-21-12-11-20(31)15-19(21)10-14-26(22)39-4/h5-8,10-12,14-15,23-24,35H,9,13,16-17H2,1-4H3,(H,32,36)(H,33,38)/t23-,24-/m0/s1. The average molecular weight is 613 g/mol. The van der Waals surface area contributed by atoms with E-state index < -0.39 is 36.3 Å². The summed E-state index contributed by atoms with van der Waals surface area (Å²) in [5, 5.41) is 16.9. The minimum absolute atomic E-state index is 0.212. The largest absolute Gasteiger partial charge is 0.496 e. The van der Waals surface area contributed by atoms with Crippen LogP contribution in [0.25, 0.3) is 10.8 Å². The van der Waals surface area contributed by atoms with Gasteiger partial charge in [0.05, 0.1) is 20.3 Å². The molecule has 3 aromatic rings. The van der Waals surface area contributed by atoms with Gasteiger partial charge in [0, 0.05) is 15.7 Å². The van der Waals surface area contributed by atoms with Crippen LogP contribution in [0, 0.1) is 0 Å². The maximum Gasteiger partial charge on any atom is 0.408 e. The summed E-state index contributed by atoms with van der Waals surface area (Å²) in [5.41, 5.74) is 1.79. The summed E-state index contributed by atoms with van der Waals surface area (Å²) in [6.45, 7) is 4.64. The van der Waals surface area contributed by atoms with Crippen molar-refractivity contribution >= 4 is 50.3 Å². The van der Waals surface area contributed by atoms with Gasteiger partial charge < -0.3 is 30.1 Å². The van der Waals surface area contributed by atoms with E-state index in [1.54, 1.807) is 32.8 Å². The first-order chi connectivity index (χ1) is 19.0. The molecule has 212 valence electrons. The van der Waals surface area contributed by atoms with E-state index in [0.717, 1.165) is 32.1 Å². The normalized spacial score (nSPS) is 16.1. The smallest absolute Gasteiger partial charge is 0.408 e. The number of aliphatic hydroxyl groups excluding tert-OH is 1. The van der Waals surface area contributed by atoms with Gasteiger partial charge in [-0.15, -0.1) is 0 Å². The van der Waals surface area contributed by atoms with Crippen molar-refractivity contribution in [3.8, 4) is 5.75 Å². The van der Waals surface area contributed by atoms with E-state index >= 15 is 0 Å². The van der Waals surface area contributed by atoms with Crippen molar-refractivity contribution in [2.45, 2.75) is 57.8 Å². The zero-order valence-electron chi connectivity index (χ0n) is 23.0. The lowest BCUT2D eigenvalue weighted by Gasteiger charge is -2.28. The third kappa shape index (κ3) is 6.74. The molecule has 0 aromatic heterocycles. The van der Waals surface area contributed by atoms with E-state index in [0.29, 0.717) is 18.6 Å². The highest BCUT2D eigenvalue weighted by Gasteiger charge is 2.34. The topological polar surface area (TPSA) is 117 Å². The van der Waals surface area contributed by atoms with Gasteiger partial charge >= 0.3 is 6.09 Å². The molecule has 0 spiro atoms. The second-order valence-electron chi connectivity index (χ2n) is 10.6. The van der Waals surface area contributed by atoms with Gasteiger partial charge in [-0.3, -0.25) is 9.59 Å². The molecular formula is C30H34BrN3O6. The van der Waals surface area contributed by atoms with E-state index in [1.165, 1.54) is 0 Å². The highest BCUT2D eigenvalue weighted by atomic mass is 79.9. The number of nitrogens with one attached hydrogen (secondary N) is 2. The van der Waals surface area contributed by atoms with Crippen molar-refractivity contribution in [3.05, 3.63) is 70.2 Å². The summed E-state index contributed by atoms with van der Waals surface area (Å²) in [5.74, 6) is -0.333. The average Bonchev–Trinajstić information content (AvgIpc) is 3.03. The number of fused-ring (bicyclic) bond motifs is 2. The number of benzene rings is 3. The Hall–Kier alpha value is -3.63. The van der Waals surface area contributed by atoms with Gasteiger partial charge in [0.25, 0.3) is 0 Å². The SMILES string of the molecule is COc1ccc2cc(Br)ccc2c1CN1C(=O)[C@@H](NC(=O)[C@H](CO)NC(=O)OC(C)(C)C)CCc2ccccc21. The second kappa shape index (κ2) is 12.3. The number of alkyl carbamates (subject to hydrolysis) is 1. The number of hydrogen-bond donors (Lipinski definition) is 3. The highest BCUT2D eigenvalue weighted by molar-refractivity contribution is 9.10. The third-order valence-corrected chi connectivity index (χ3v) is 7.14. The molecule has 10 heteroatoms. The zero-order chi connectivity index (χ0) is 29.0. The van der Waals surface area contributed by atoms with Crippen molar-refractivity contribution < 1.29 is 29.0 Å². The molecule has 4 rings (SSSR count). The fourth-order valence-electron chi connectivity index (χ4n) is 4.79. The Morgan fingerprint density at radius 1 is 1.15 bits per heavy atom. The fraction of sp³-hybridized carbons (Fsp3) is 0.367. The van der Waals surface area contributed by atoms with Gasteiger partial charge in [-0.2, -0.15) is 0 Å². The summed E-state index contributed by atoms with van der Waals surface area (Å²) in [6, 6.07) is 15.3. The van der Waals surface area contributed by atoms with E-state index in [9.17, 15) is 19.5 Å².